The maximum Gasteiger partial charge on any atom is 0.417 e. The highest BCUT2D eigenvalue weighted by atomic mass is 32.1. The quantitative estimate of drug-likeness (QED) is 0.752. The highest BCUT2D eigenvalue weighted by molar-refractivity contribution is 7.71. The number of para-hydroxylation sites is 1. The molecule has 21 heavy (non-hydrogen) atoms. The van der Waals surface area contributed by atoms with Gasteiger partial charge in [-0.3, -0.25) is 14.5 Å². The van der Waals surface area contributed by atoms with Gasteiger partial charge in [-0.25, -0.2) is 4.79 Å². The number of aromatic amines is 1. The van der Waals surface area contributed by atoms with Crippen LogP contribution in [0.2, 0.25) is 0 Å². The normalized spacial score (nSPS) is 9.24. The van der Waals surface area contributed by atoms with E-state index >= 15 is 0 Å². The molecular weight excluding hydrogens is 310 g/mol. The van der Waals surface area contributed by atoms with E-state index in [1.54, 1.807) is 30.3 Å². The number of carbonyl (C=O) groups excluding carboxylic acids is 2. The van der Waals surface area contributed by atoms with Crippen molar-refractivity contribution in [2.75, 3.05) is 5.32 Å². The number of hydrogen-bond acceptors (Lipinski definition) is 5. The molecule has 2 aromatic rings. The summed E-state index contributed by atoms with van der Waals surface area (Å²) >= 11 is 5.89. The molecule has 0 aliphatic rings. The molecule has 6 nitrogen and oxygen atoms in total. The molecule has 2 amide bonds. The van der Waals surface area contributed by atoms with Gasteiger partial charge in [-0.1, -0.05) is 44.3 Å². The molecule has 1 heterocycles. The van der Waals surface area contributed by atoms with E-state index in [0.717, 1.165) is 11.5 Å². The number of benzene rings is 1. The lowest BCUT2D eigenvalue weighted by molar-refractivity contribution is 0.100. The minimum Gasteiger partial charge on any atom is -0.410 e. The summed E-state index contributed by atoms with van der Waals surface area (Å²) < 4.78 is 7.88. The number of amides is 2. The molecule has 0 bridgehead atoms. The van der Waals surface area contributed by atoms with Gasteiger partial charge < -0.3 is 10.5 Å². The fourth-order valence-electron chi connectivity index (χ4n) is 1.33. The van der Waals surface area contributed by atoms with E-state index in [-0.39, 0.29) is 15.2 Å². The van der Waals surface area contributed by atoms with Crippen LogP contribution < -0.4 is 15.8 Å². The zero-order chi connectivity index (χ0) is 15.8. The fraction of sp³-hybridized carbons (Fsp3) is 0.154. The topological polar surface area (TPSA) is 97.2 Å². The van der Waals surface area contributed by atoms with Crippen LogP contribution >= 0.6 is 23.8 Å². The summed E-state index contributed by atoms with van der Waals surface area (Å²) in [5.74, 6) is -0.322. The fourth-order valence-corrected chi connectivity index (χ4v) is 2.46. The van der Waals surface area contributed by atoms with Gasteiger partial charge >= 0.3 is 6.09 Å². The van der Waals surface area contributed by atoms with Gasteiger partial charge in [-0.2, -0.15) is 0 Å². The maximum absolute atomic E-state index is 11.6. The minimum absolute atomic E-state index is 0.0741. The second-order valence-corrected chi connectivity index (χ2v) is 4.65. The number of hydrogen-bond donors (Lipinski definition) is 3. The largest absolute Gasteiger partial charge is 0.417 e. The third-order valence-corrected chi connectivity index (χ3v) is 3.37. The Morgan fingerprint density at radius 1 is 1.29 bits per heavy atom. The van der Waals surface area contributed by atoms with E-state index in [4.69, 9.17) is 22.7 Å². The van der Waals surface area contributed by atoms with Gasteiger partial charge in [0.1, 0.15) is 21.0 Å². The molecule has 0 radical (unpaired) electrons. The number of carbonyl (C=O) groups is 2. The van der Waals surface area contributed by atoms with E-state index in [2.05, 4.69) is 9.69 Å². The van der Waals surface area contributed by atoms with E-state index in [0.29, 0.717) is 5.75 Å². The van der Waals surface area contributed by atoms with Gasteiger partial charge in [0.25, 0.3) is 5.91 Å². The van der Waals surface area contributed by atoms with Crippen molar-refractivity contribution < 1.29 is 14.3 Å². The van der Waals surface area contributed by atoms with Crippen molar-refractivity contribution in [3.8, 4) is 5.75 Å². The van der Waals surface area contributed by atoms with Crippen molar-refractivity contribution in [2.24, 2.45) is 5.73 Å². The molecule has 2 rings (SSSR count). The Hall–Kier alpha value is -2.19. The zero-order valence-electron chi connectivity index (χ0n) is 11.5. The average Bonchev–Trinajstić information content (AvgIpc) is 2.83. The predicted octanol–water partition coefficient (Wildman–Crippen LogP) is 3.54. The Labute approximate surface area is 131 Å². The predicted molar refractivity (Wildman–Crippen MR) is 85.5 cm³/mol. The summed E-state index contributed by atoms with van der Waals surface area (Å²) in [5, 5.41) is 2.65. The standard InChI is InChI=1S/C11H9N3O3S2.C2H6/c12-8(15)7-9(18)14-19-10(7)13-11(16)17-6-4-2-1-3-5-6;1-2/h1-5H,(H2,12,15)(H,13,16)(H,14,18);1-2H3. The van der Waals surface area contributed by atoms with Crippen molar-refractivity contribution in [1.29, 1.82) is 0 Å². The molecule has 4 N–H and O–H groups in total. The molecule has 0 unspecified atom stereocenters. The molecule has 8 heteroatoms. The van der Waals surface area contributed by atoms with Crippen molar-refractivity contribution >= 4 is 40.8 Å². The smallest absolute Gasteiger partial charge is 0.410 e. The second-order valence-electron chi connectivity index (χ2n) is 3.43. The van der Waals surface area contributed by atoms with Gasteiger partial charge in [0.05, 0.1) is 0 Å². The van der Waals surface area contributed by atoms with Gasteiger partial charge in [0, 0.05) is 0 Å². The van der Waals surface area contributed by atoms with Crippen LogP contribution in [0.3, 0.4) is 0 Å². The third kappa shape index (κ3) is 4.69. The van der Waals surface area contributed by atoms with Crippen LogP contribution in [0.4, 0.5) is 9.80 Å². The van der Waals surface area contributed by atoms with Crippen LogP contribution in [-0.4, -0.2) is 16.4 Å². The maximum atomic E-state index is 11.6. The number of nitrogens with two attached hydrogens (primary N) is 1. The molecule has 0 saturated carbocycles. The van der Waals surface area contributed by atoms with Gasteiger partial charge in [-0.15, -0.1) is 0 Å². The number of aromatic nitrogens is 1. The van der Waals surface area contributed by atoms with Gasteiger partial charge in [-0.05, 0) is 23.7 Å². The number of rotatable bonds is 3. The van der Waals surface area contributed by atoms with Crippen molar-refractivity contribution in [2.45, 2.75) is 13.8 Å². The average molecular weight is 325 g/mol. The number of ether oxygens (including phenoxy) is 1. The number of nitrogens with one attached hydrogen (secondary N) is 2. The minimum atomic E-state index is -0.723. The number of primary amides is 1. The molecule has 0 spiro atoms. The van der Waals surface area contributed by atoms with E-state index < -0.39 is 12.0 Å². The molecule has 0 aliphatic carbocycles. The third-order valence-electron chi connectivity index (χ3n) is 2.12. The van der Waals surface area contributed by atoms with Gasteiger partial charge in [0.2, 0.25) is 0 Å². The number of H-pyrrole nitrogens is 1. The first-order valence-corrected chi connectivity index (χ1v) is 7.35. The number of anilines is 1. The highest BCUT2D eigenvalue weighted by Crippen LogP contribution is 2.22. The molecule has 0 fully saturated rings. The second kappa shape index (κ2) is 8.18. The van der Waals surface area contributed by atoms with Crippen LogP contribution in [-0.2, 0) is 0 Å². The van der Waals surface area contributed by atoms with E-state index in [9.17, 15) is 9.59 Å². The summed E-state index contributed by atoms with van der Waals surface area (Å²) in [6.45, 7) is 4.00. The van der Waals surface area contributed by atoms with Crippen molar-refractivity contribution in [3.63, 3.8) is 0 Å². The van der Waals surface area contributed by atoms with E-state index in [1.807, 2.05) is 13.8 Å². The first-order valence-electron chi connectivity index (χ1n) is 6.13. The van der Waals surface area contributed by atoms with Gasteiger partial charge in [0.15, 0.2) is 0 Å². The highest BCUT2D eigenvalue weighted by Gasteiger charge is 2.16. The zero-order valence-corrected chi connectivity index (χ0v) is 13.1. The first kappa shape index (κ1) is 16.9. The molecule has 0 aliphatic heterocycles. The monoisotopic (exact) mass is 325 g/mol. The van der Waals surface area contributed by atoms with E-state index in [1.165, 1.54) is 0 Å². The first-order chi connectivity index (χ1) is 10.1. The molecule has 0 saturated heterocycles. The summed E-state index contributed by atoms with van der Waals surface area (Å²) in [5.41, 5.74) is 5.25. The molecule has 1 aromatic heterocycles. The van der Waals surface area contributed by atoms with Crippen LogP contribution in [0, 0.1) is 4.64 Å². The summed E-state index contributed by atoms with van der Waals surface area (Å²) in [6, 6.07) is 8.53. The van der Waals surface area contributed by atoms with Crippen LogP contribution in [0.5, 0.6) is 5.75 Å². The van der Waals surface area contributed by atoms with Crippen molar-refractivity contribution in [3.05, 3.63) is 40.5 Å². The molecule has 112 valence electrons. The Morgan fingerprint density at radius 2 is 1.90 bits per heavy atom. The SMILES string of the molecule is CC.NC(=O)c1c(NC(=O)Oc2ccccc2)s[nH]c1=S. The molecule has 1 aromatic carbocycles. The summed E-state index contributed by atoms with van der Waals surface area (Å²) in [7, 11) is 0. The Morgan fingerprint density at radius 3 is 2.48 bits per heavy atom. The van der Waals surface area contributed by atoms with Crippen LogP contribution in [0.1, 0.15) is 24.2 Å². The van der Waals surface area contributed by atoms with Crippen LogP contribution in [0.25, 0.3) is 0 Å². The molecule has 0 atom stereocenters. The lowest BCUT2D eigenvalue weighted by Gasteiger charge is -2.05. The Kier molecular flexibility index (Phi) is 6.57. The molecular formula is C13H15N3O3S2. The lowest BCUT2D eigenvalue weighted by Crippen LogP contribution is -2.19. The lowest BCUT2D eigenvalue weighted by atomic mass is 10.3. The summed E-state index contributed by atoms with van der Waals surface area (Å²) in [6.07, 6.45) is -0.723. The Bertz CT molecular complexity index is 665. The van der Waals surface area contributed by atoms with Crippen molar-refractivity contribution in [1.82, 2.24) is 4.37 Å². The Balaban J connectivity index is 0.00000106. The summed E-state index contributed by atoms with van der Waals surface area (Å²) in [4.78, 5) is 22.8. The van der Waals surface area contributed by atoms with Crippen LogP contribution in [0.15, 0.2) is 30.3 Å².